The molecular weight excluding hydrogens is 325 g/mol. The molecule has 6 nitrogen and oxygen atoms in total. The molecule has 0 unspecified atom stereocenters. The number of furan rings is 1. The smallest absolute Gasteiger partial charge is 0.410 e. The minimum Gasteiger partial charge on any atom is -0.467 e. The van der Waals surface area contributed by atoms with E-state index < -0.39 is 29.9 Å². The number of hydrogen-bond donors (Lipinski definition) is 2. The van der Waals surface area contributed by atoms with E-state index in [0.29, 0.717) is 10.4 Å². The number of carbonyl (C=O) groups excluding carboxylic acids is 1. The maximum absolute atomic E-state index is 13.3. The molecule has 1 aliphatic rings. The molecule has 0 saturated heterocycles. The lowest BCUT2D eigenvalue weighted by molar-refractivity contribution is -0.174. The van der Waals surface area contributed by atoms with Crippen LogP contribution in [0.1, 0.15) is 34.8 Å². The lowest BCUT2D eigenvalue weighted by Crippen LogP contribution is -2.35. The fraction of sp³-hybridized carbons (Fsp3) is 0.333. The van der Waals surface area contributed by atoms with E-state index in [-0.39, 0.29) is 17.3 Å². The van der Waals surface area contributed by atoms with Crippen molar-refractivity contribution in [3.8, 4) is 0 Å². The number of primary amides is 1. The molecule has 0 aromatic carbocycles. The van der Waals surface area contributed by atoms with Crippen LogP contribution in [0.4, 0.5) is 19.0 Å². The molecule has 10 heteroatoms. The summed E-state index contributed by atoms with van der Waals surface area (Å²) in [6.07, 6.45) is -3.55. The summed E-state index contributed by atoms with van der Waals surface area (Å²) in [6, 6.07) is 0.440. The van der Waals surface area contributed by atoms with Gasteiger partial charge >= 0.3 is 6.18 Å². The number of anilines is 1. The first-order valence-corrected chi connectivity index (χ1v) is 6.61. The van der Waals surface area contributed by atoms with Gasteiger partial charge in [-0.15, -0.1) is 0 Å². The van der Waals surface area contributed by atoms with E-state index in [1.807, 2.05) is 0 Å². The maximum atomic E-state index is 13.3. The van der Waals surface area contributed by atoms with E-state index in [0.717, 1.165) is 0 Å². The standard InChI is InChI=1S/C12H10ClF3N4O2/c13-8-9(10(17)21)19-20-7(12(14,15)16)4-5(18-11(8)20)6-2-1-3-22-6/h1-3,5,7,18H,4H2,(H2,17,21)/t5-,7-/m0/s1. The second kappa shape index (κ2) is 4.94. The number of fused-ring (bicyclic) bond motifs is 1. The molecule has 118 valence electrons. The Balaban J connectivity index is 2.10. The lowest BCUT2D eigenvalue weighted by atomic mass is 10.0. The monoisotopic (exact) mass is 334 g/mol. The molecule has 0 radical (unpaired) electrons. The number of carbonyl (C=O) groups is 1. The zero-order valence-corrected chi connectivity index (χ0v) is 11.6. The second-order valence-corrected chi connectivity index (χ2v) is 5.20. The molecule has 22 heavy (non-hydrogen) atoms. The van der Waals surface area contributed by atoms with Crippen LogP contribution in [0.25, 0.3) is 0 Å². The Morgan fingerprint density at radius 3 is 2.82 bits per heavy atom. The van der Waals surface area contributed by atoms with Crippen molar-refractivity contribution in [2.75, 3.05) is 5.32 Å². The SMILES string of the molecule is NC(=O)c1nn2c(c1Cl)N[C@H](c1ccco1)C[C@H]2C(F)(F)F. The summed E-state index contributed by atoms with van der Waals surface area (Å²) in [4.78, 5) is 11.2. The van der Waals surface area contributed by atoms with Gasteiger partial charge in [-0.05, 0) is 12.1 Å². The van der Waals surface area contributed by atoms with Gasteiger partial charge in [0.05, 0.1) is 12.3 Å². The van der Waals surface area contributed by atoms with Gasteiger partial charge in [-0.25, -0.2) is 4.68 Å². The van der Waals surface area contributed by atoms with Gasteiger partial charge in [0.1, 0.15) is 16.6 Å². The molecule has 1 aliphatic heterocycles. The molecule has 1 amide bonds. The lowest BCUT2D eigenvalue weighted by Gasteiger charge is -2.32. The summed E-state index contributed by atoms with van der Waals surface area (Å²) >= 11 is 5.93. The molecular formula is C12H10ClF3N4O2. The van der Waals surface area contributed by atoms with Crippen molar-refractivity contribution in [3.05, 3.63) is 34.9 Å². The second-order valence-electron chi connectivity index (χ2n) is 4.83. The van der Waals surface area contributed by atoms with Crippen LogP contribution in [0.2, 0.25) is 5.02 Å². The Morgan fingerprint density at radius 2 is 2.27 bits per heavy atom. The third-order valence-corrected chi connectivity index (χ3v) is 3.77. The fourth-order valence-electron chi connectivity index (χ4n) is 2.42. The number of nitrogens with two attached hydrogens (primary N) is 1. The van der Waals surface area contributed by atoms with Gasteiger partial charge in [-0.3, -0.25) is 4.79 Å². The first-order chi connectivity index (χ1) is 10.3. The number of aromatic nitrogens is 2. The summed E-state index contributed by atoms with van der Waals surface area (Å²) in [6.45, 7) is 0. The number of amides is 1. The summed E-state index contributed by atoms with van der Waals surface area (Å²) < 4.78 is 45.7. The van der Waals surface area contributed by atoms with Crippen molar-refractivity contribution >= 4 is 23.3 Å². The minimum absolute atomic E-state index is 0.106. The Bertz CT molecular complexity index is 711. The van der Waals surface area contributed by atoms with Crippen LogP contribution in [0, 0.1) is 0 Å². The quantitative estimate of drug-likeness (QED) is 0.884. The first kappa shape index (κ1) is 14.8. The van der Waals surface area contributed by atoms with Crippen LogP contribution >= 0.6 is 11.6 Å². The maximum Gasteiger partial charge on any atom is 0.410 e. The zero-order valence-electron chi connectivity index (χ0n) is 10.9. The minimum atomic E-state index is -4.56. The topological polar surface area (TPSA) is 86.1 Å². The van der Waals surface area contributed by atoms with Crippen molar-refractivity contribution in [2.45, 2.75) is 24.7 Å². The normalized spacial score (nSPS) is 21.3. The van der Waals surface area contributed by atoms with Gasteiger partial charge in [0.25, 0.3) is 5.91 Å². The Morgan fingerprint density at radius 1 is 1.55 bits per heavy atom. The molecule has 3 rings (SSSR count). The van der Waals surface area contributed by atoms with Crippen LogP contribution in [0.15, 0.2) is 22.8 Å². The number of rotatable bonds is 2. The summed E-state index contributed by atoms with van der Waals surface area (Å²) in [5, 5.41) is 6.18. The van der Waals surface area contributed by atoms with Gasteiger partial charge in [0, 0.05) is 6.42 Å². The van der Waals surface area contributed by atoms with E-state index in [9.17, 15) is 18.0 Å². The van der Waals surface area contributed by atoms with Crippen molar-refractivity contribution < 1.29 is 22.4 Å². The average molecular weight is 335 g/mol. The first-order valence-electron chi connectivity index (χ1n) is 6.23. The highest BCUT2D eigenvalue weighted by Gasteiger charge is 2.48. The molecule has 2 aromatic heterocycles. The Labute approximate surface area is 127 Å². The summed E-state index contributed by atoms with van der Waals surface area (Å²) in [5.74, 6) is -0.770. The van der Waals surface area contributed by atoms with Gasteiger partial charge in [0.2, 0.25) is 0 Å². The average Bonchev–Trinajstić information content (AvgIpc) is 3.05. The number of nitrogens with zero attached hydrogens (tertiary/aromatic N) is 2. The van der Waals surface area contributed by atoms with Gasteiger partial charge in [0.15, 0.2) is 11.7 Å². The molecule has 0 bridgehead atoms. The van der Waals surface area contributed by atoms with Crippen molar-refractivity contribution in [1.29, 1.82) is 0 Å². The van der Waals surface area contributed by atoms with Crippen LogP contribution in [0.5, 0.6) is 0 Å². The van der Waals surface area contributed by atoms with Crippen LogP contribution in [0.3, 0.4) is 0 Å². The zero-order chi connectivity index (χ0) is 16.1. The number of nitrogens with one attached hydrogen (secondary N) is 1. The molecule has 0 aliphatic carbocycles. The molecule has 0 saturated carbocycles. The third-order valence-electron chi connectivity index (χ3n) is 3.42. The van der Waals surface area contributed by atoms with Crippen molar-refractivity contribution in [1.82, 2.24) is 9.78 Å². The predicted molar refractivity (Wildman–Crippen MR) is 70.5 cm³/mol. The van der Waals surface area contributed by atoms with Crippen LogP contribution in [-0.4, -0.2) is 21.9 Å². The fourth-order valence-corrected chi connectivity index (χ4v) is 2.70. The molecule has 2 atom stereocenters. The molecule has 2 aromatic rings. The Kier molecular flexibility index (Phi) is 3.32. The number of hydrogen-bond acceptors (Lipinski definition) is 4. The highest BCUT2D eigenvalue weighted by Crippen LogP contribution is 2.46. The highest BCUT2D eigenvalue weighted by atomic mass is 35.5. The Hall–Kier alpha value is -2.16. The molecule has 3 N–H and O–H groups in total. The van der Waals surface area contributed by atoms with Gasteiger partial charge < -0.3 is 15.5 Å². The van der Waals surface area contributed by atoms with Gasteiger partial charge in [-0.2, -0.15) is 18.3 Å². The summed E-state index contributed by atoms with van der Waals surface area (Å²) in [5.41, 5.74) is 4.68. The van der Waals surface area contributed by atoms with E-state index in [1.54, 1.807) is 12.1 Å². The van der Waals surface area contributed by atoms with Crippen LogP contribution < -0.4 is 11.1 Å². The van der Waals surface area contributed by atoms with E-state index in [1.165, 1.54) is 6.26 Å². The number of alkyl halides is 3. The predicted octanol–water partition coefficient (Wildman–Crippen LogP) is 2.89. The molecule has 3 heterocycles. The third kappa shape index (κ3) is 2.31. The molecule has 0 fully saturated rings. The van der Waals surface area contributed by atoms with Gasteiger partial charge in [-0.1, -0.05) is 11.6 Å². The largest absolute Gasteiger partial charge is 0.467 e. The van der Waals surface area contributed by atoms with Crippen LogP contribution in [-0.2, 0) is 0 Å². The van der Waals surface area contributed by atoms with Crippen molar-refractivity contribution in [2.24, 2.45) is 5.73 Å². The van der Waals surface area contributed by atoms with Crippen molar-refractivity contribution in [3.63, 3.8) is 0 Å². The summed E-state index contributed by atoms with van der Waals surface area (Å²) in [7, 11) is 0. The highest BCUT2D eigenvalue weighted by molar-refractivity contribution is 6.36. The van der Waals surface area contributed by atoms with E-state index in [4.69, 9.17) is 21.8 Å². The molecule has 0 spiro atoms. The van der Waals surface area contributed by atoms with E-state index >= 15 is 0 Å². The number of halogens is 4. The van der Waals surface area contributed by atoms with E-state index in [2.05, 4.69) is 10.4 Å².